The predicted octanol–water partition coefficient (Wildman–Crippen LogP) is 5.23. The first kappa shape index (κ1) is 20.1. The van der Waals surface area contributed by atoms with Crippen LogP contribution in [0.3, 0.4) is 0 Å². The lowest BCUT2D eigenvalue weighted by Crippen LogP contribution is -2.30. The van der Waals surface area contributed by atoms with Gasteiger partial charge in [0.05, 0.1) is 17.8 Å². The monoisotopic (exact) mass is 432 g/mol. The molecule has 0 unspecified atom stereocenters. The number of benzene rings is 1. The Kier molecular flexibility index (Phi) is 5.40. The maximum absolute atomic E-state index is 6.16. The van der Waals surface area contributed by atoms with E-state index >= 15 is 0 Å². The second-order valence-electron chi connectivity index (χ2n) is 8.47. The third kappa shape index (κ3) is 3.81. The molecule has 2 aromatic heterocycles. The van der Waals surface area contributed by atoms with Crippen molar-refractivity contribution >= 4 is 23.0 Å². The molecular formula is C25H28N4OS. The molecule has 160 valence electrons. The van der Waals surface area contributed by atoms with Gasteiger partial charge in [-0.2, -0.15) is 0 Å². The summed E-state index contributed by atoms with van der Waals surface area (Å²) in [6, 6.07) is 18.7. The summed E-state index contributed by atoms with van der Waals surface area (Å²) in [5.74, 6) is 0.932. The van der Waals surface area contributed by atoms with Gasteiger partial charge in [-0.05, 0) is 93.4 Å². The Morgan fingerprint density at radius 2 is 1.81 bits per heavy atom. The van der Waals surface area contributed by atoms with E-state index in [0.717, 1.165) is 30.0 Å². The van der Waals surface area contributed by atoms with Gasteiger partial charge in [0.1, 0.15) is 11.8 Å². The number of thiocarbonyl (C=S) groups is 1. The standard InChI is InChI=1S/C25H28N4OS/c1-17-10-15-22(28(17)2)24-23(21-9-5-6-16-26-21)27-25(31)29(24)18-11-13-20(14-12-18)30-19-7-3-4-8-19/h5-6,9-16,19,23-24H,3-4,7-8H2,1-2H3,(H,27,31)/t23-,24-/m0/s1. The van der Waals surface area contributed by atoms with Crippen LogP contribution in [0, 0.1) is 6.92 Å². The van der Waals surface area contributed by atoms with E-state index in [4.69, 9.17) is 17.0 Å². The highest BCUT2D eigenvalue weighted by Crippen LogP contribution is 2.42. The van der Waals surface area contributed by atoms with Crippen molar-refractivity contribution in [2.45, 2.75) is 50.8 Å². The number of hydrogen-bond donors (Lipinski definition) is 1. The first-order valence-corrected chi connectivity index (χ1v) is 11.4. The summed E-state index contributed by atoms with van der Waals surface area (Å²) in [4.78, 5) is 6.84. The third-order valence-corrected chi connectivity index (χ3v) is 6.85. The van der Waals surface area contributed by atoms with Gasteiger partial charge in [-0.1, -0.05) is 6.07 Å². The minimum absolute atomic E-state index is 0.00250. The van der Waals surface area contributed by atoms with Crippen molar-refractivity contribution in [3.8, 4) is 5.75 Å². The van der Waals surface area contributed by atoms with Crippen molar-refractivity contribution in [2.24, 2.45) is 7.05 Å². The maximum atomic E-state index is 6.16. The SMILES string of the molecule is Cc1ccc([C@H]2[C@H](c3ccccn3)NC(=S)N2c2ccc(OC3CCCC3)cc2)n1C. The van der Waals surface area contributed by atoms with Crippen molar-refractivity contribution < 1.29 is 4.74 Å². The van der Waals surface area contributed by atoms with Crippen LogP contribution in [-0.4, -0.2) is 20.8 Å². The van der Waals surface area contributed by atoms with Crippen LogP contribution in [0.4, 0.5) is 5.69 Å². The topological polar surface area (TPSA) is 42.3 Å². The molecule has 31 heavy (non-hydrogen) atoms. The van der Waals surface area contributed by atoms with E-state index in [1.807, 2.05) is 18.3 Å². The minimum atomic E-state index is -0.0314. The molecule has 1 aromatic carbocycles. The van der Waals surface area contributed by atoms with Gasteiger partial charge in [0.2, 0.25) is 0 Å². The molecule has 2 atom stereocenters. The van der Waals surface area contributed by atoms with E-state index in [9.17, 15) is 0 Å². The number of pyridine rings is 1. The predicted molar refractivity (Wildman–Crippen MR) is 127 cm³/mol. The lowest BCUT2D eigenvalue weighted by atomic mass is 10.0. The largest absolute Gasteiger partial charge is 0.490 e. The van der Waals surface area contributed by atoms with Crippen molar-refractivity contribution in [1.82, 2.24) is 14.9 Å². The van der Waals surface area contributed by atoms with E-state index in [-0.39, 0.29) is 12.1 Å². The van der Waals surface area contributed by atoms with Gasteiger partial charge in [0.25, 0.3) is 0 Å². The van der Waals surface area contributed by atoms with Gasteiger partial charge >= 0.3 is 0 Å². The number of aromatic nitrogens is 2. The Bertz CT molecular complexity index is 1060. The maximum Gasteiger partial charge on any atom is 0.174 e. The average molecular weight is 433 g/mol. The molecule has 0 radical (unpaired) electrons. The second kappa shape index (κ2) is 8.35. The molecule has 0 bridgehead atoms. The number of rotatable bonds is 5. The Morgan fingerprint density at radius 3 is 2.45 bits per heavy atom. The summed E-state index contributed by atoms with van der Waals surface area (Å²) >= 11 is 5.82. The van der Waals surface area contributed by atoms with Gasteiger partial charge in [-0.3, -0.25) is 4.98 Å². The van der Waals surface area contributed by atoms with Gasteiger partial charge in [-0.25, -0.2) is 0 Å². The van der Waals surface area contributed by atoms with E-state index in [1.54, 1.807) is 0 Å². The van der Waals surface area contributed by atoms with Crippen LogP contribution in [-0.2, 0) is 7.05 Å². The zero-order chi connectivity index (χ0) is 21.4. The highest BCUT2D eigenvalue weighted by molar-refractivity contribution is 7.80. The van der Waals surface area contributed by atoms with E-state index in [0.29, 0.717) is 11.2 Å². The quantitative estimate of drug-likeness (QED) is 0.560. The van der Waals surface area contributed by atoms with E-state index in [1.165, 1.54) is 24.2 Å². The number of ether oxygens (including phenoxy) is 1. The molecule has 5 nitrogen and oxygen atoms in total. The van der Waals surface area contributed by atoms with Gasteiger partial charge in [0.15, 0.2) is 5.11 Å². The number of nitrogens with zero attached hydrogens (tertiary/aromatic N) is 3. The van der Waals surface area contributed by atoms with Crippen molar-refractivity contribution in [1.29, 1.82) is 0 Å². The Hall–Kier alpha value is -2.86. The molecule has 3 aromatic rings. The fourth-order valence-electron chi connectivity index (χ4n) is 4.75. The summed E-state index contributed by atoms with van der Waals surface area (Å²) in [7, 11) is 2.11. The molecule has 1 aliphatic heterocycles. The Balaban J connectivity index is 1.49. The zero-order valence-corrected chi connectivity index (χ0v) is 18.8. The summed E-state index contributed by atoms with van der Waals surface area (Å²) in [6.45, 7) is 2.12. The van der Waals surface area contributed by atoms with Crippen molar-refractivity contribution in [3.63, 3.8) is 0 Å². The zero-order valence-electron chi connectivity index (χ0n) is 18.0. The number of anilines is 1. The fraction of sp³-hybridized carbons (Fsp3) is 0.360. The van der Waals surface area contributed by atoms with Crippen LogP contribution < -0.4 is 15.0 Å². The van der Waals surface area contributed by atoms with Crippen molar-refractivity contribution in [2.75, 3.05) is 4.90 Å². The fourth-order valence-corrected chi connectivity index (χ4v) is 5.09. The van der Waals surface area contributed by atoms with Gasteiger partial charge in [-0.15, -0.1) is 0 Å². The summed E-state index contributed by atoms with van der Waals surface area (Å²) < 4.78 is 8.40. The molecule has 1 aliphatic carbocycles. The van der Waals surface area contributed by atoms with Crippen LogP contribution in [0.15, 0.2) is 60.8 Å². The van der Waals surface area contributed by atoms with Crippen LogP contribution in [0.1, 0.15) is 54.8 Å². The minimum Gasteiger partial charge on any atom is -0.490 e. The molecular weight excluding hydrogens is 404 g/mol. The summed E-state index contributed by atoms with van der Waals surface area (Å²) in [5, 5.41) is 4.24. The summed E-state index contributed by atoms with van der Waals surface area (Å²) in [5.41, 5.74) is 4.45. The summed E-state index contributed by atoms with van der Waals surface area (Å²) in [6.07, 6.45) is 7.04. The molecule has 1 saturated heterocycles. The normalized spacial score (nSPS) is 21.5. The highest BCUT2D eigenvalue weighted by Gasteiger charge is 2.42. The van der Waals surface area contributed by atoms with Gasteiger partial charge < -0.3 is 19.5 Å². The first-order chi connectivity index (χ1) is 15.1. The molecule has 1 N–H and O–H groups in total. The van der Waals surface area contributed by atoms with Crippen LogP contribution >= 0.6 is 12.2 Å². The number of hydrogen-bond acceptors (Lipinski definition) is 3. The molecule has 1 saturated carbocycles. The van der Waals surface area contributed by atoms with Crippen molar-refractivity contribution in [3.05, 3.63) is 77.9 Å². The molecule has 0 spiro atoms. The second-order valence-corrected chi connectivity index (χ2v) is 8.86. The molecule has 2 fully saturated rings. The van der Waals surface area contributed by atoms with Crippen LogP contribution in [0.25, 0.3) is 0 Å². The van der Waals surface area contributed by atoms with Crippen LogP contribution in [0.5, 0.6) is 5.75 Å². The molecule has 3 heterocycles. The first-order valence-electron chi connectivity index (χ1n) is 11.0. The molecule has 2 aliphatic rings. The Morgan fingerprint density at radius 1 is 1.03 bits per heavy atom. The van der Waals surface area contributed by atoms with E-state index in [2.05, 4.69) is 76.2 Å². The Labute approximate surface area is 189 Å². The highest BCUT2D eigenvalue weighted by atomic mass is 32.1. The third-order valence-electron chi connectivity index (χ3n) is 6.53. The smallest absolute Gasteiger partial charge is 0.174 e. The van der Waals surface area contributed by atoms with Gasteiger partial charge in [0, 0.05) is 30.3 Å². The number of nitrogens with one attached hydrogen (secondary N) is 1. The lowest BCUT2D eigenvalue weighted by molar-refractivity contribution is 0.210. The average Bonchev–Trinajstić information content (AvgIpc) is 3.50. The van der Waals surface area contributed by atoms with Crippen LogP contribution in [0.2, 0.25) is 0 Å². The molecule has 5 rings (SSSR count). The lowest BCUT2D eigenvalue weighted by Gasteiger charge is -2.28. The molecule has 6 heteroatoms. The van der Waals surface area contributed by atoms with E-state index < -0.39 is 0 Å². The number of aryl methyl sites for hydroxylation is 1. The molecule has 0 amide bonds.